The van der Waals surface area contributed by atoms with Crippen LogP contribution in [-0.2, 0) is 4.79 Å². The topological polar surface area (TPSA) is 29.1 Å². The van der Waals surface area contributed by atoms with Crippen LogP contribution >= 0.6 is 11.6 Å². The van der Waals surface area contributed by atoms with Crippen molar-refractivity contribution in [2.75, 3.05) is 5.88 Å². The van der Waals surface area contributed by atoms with Gasteiger partial charge in [0.1, 0.15) is 5.88 Å². The molecule has 92 valence electrons. The number of carbonyl (C=O) groups is 1. The third-order valence-corrected chi connectivity index (χ3v) is 2.94. The average molecular weight is 260 g/mol. The first kappa shape index (κ1) is 12.7. The summed E-state index contributed by atoms with van der Waals surface area (Å²) in [6.45, 7) is 0. The summed E-state index contributed by atoms with van der Waals surface area (Å²) in [6, 6.07) is 19.5. The maximum atomic E-state index is 11.5. The third-order valence-electron chi connectivity index (χ3n) is 2.69. The molecule has 0 aliphatic carbocycles. The van der Waals surface area contributed by atoms with Crippen molar-refractivity contribution >= 4 is 17.5 Å². The van der Waals surface area contributed by atoms with E-state index >= 15 is 0 Å². The fourth-order valence-corrected chi connectivity index (χ4v) is 1.93. The summed E-state index contributed by atoms with van der Waals surface area (Å²) >= 11 is 5.56. The summed E-state index contributed by atoms with van der Waals surface area (Å²) in [7, 11) is 0. The molecule has 0 aliphatic rings. The maximum Gasteiger partial charge on any atom is 0.235 e. The quantitative estimate of drug-likeness (QED) is 0.840. The molecule has 0 heterocycles. The van der Waals surface area contributed by atoms with E-state index in [1.165, 1.54) is 0 Å². The Hall–Kier alpha value is -1.80. The van der Waals surface area contributed by atoms with Crippen LogP contribution in [0.1, 0.15) is 17.2 Å². The Morgan fingerprint density at radius 1 is 0.944 bits per heavy atom. The Balaban J connectivity index is 2.32. The van der Waals surface area contributed by atoms with Crippen molar-refractivity contribution in [3.05, 3.63) is 71.8 Å². The van der Waals surface area contributed by atoms with Gasteiger partial charge in [0.2, 0.25) is 5.91 Å². The molecule has 0 aliphatic heterocycles. The minimum atomic E-state index is -0.172. The van der Waals surface area contributed by atoms with Crippen LogP contribution in [0.5, 0.6) is 0 Å². The molecule has 0 unspecified atom stereocenters. The molecule has 0 aromatic heterocycles. The lowest BCUT2D eigenvalue weighted by molar-refractivity contribution is -0.119. The van der Waals surface area contributed by atoms with Gasteiger partial charge in [0, 0.05) is 0 Å². The van der Waals surface area contributed by atoms with Crippen molar-refractivity contribution in [3.8, 4) is 0 Å². The van der Waals surface area contributed by atoms with Crippen molar-refractivity contribution in [3.63, 3.8) is 0 Å². The van der Waals surface area contributed by atoms with Gasteiger partial charge in [-0.1, -0.05) is 60.7 Å². The van der Waals surface area contributed by atoms with Crippen LogP contribution in [0.2, 0.25) is 0 Å². The van der Waals surface area contributed by atoms with E-state index < -0.39 is 0 Å². The van der Waals surface area contributed by atoms with Gasteiger partial charge in [-0.05, 0) is 11.1 Å². The summed E-state index contributed by atoms with van der Waals surface area (Å²) < 4.78 is 0. The van der Waals surface area contributed by atoms with Crippen LogP contribution in [0.3, 0.4) is 0 Å². The Morgan fingerprint density at radius 2 is 1.39 bits per heavy atom. The number of halogens is 1. The second-order valence-corrected chi connectivity index (χ2v) is 4.22. The van der Waals surface area contributed by atoms with E-state index in [1.807, 2.05) is 60.7 Å². The average Bonchev–Trinajstić information content (AvgIpc) is 2.46. The molecule has 0 fully saturated rings. The molecule has 1 N–H and O–H groups in total. The number of carbonyl (C=O) groups excluding carboxylic acids is 1. The lowest BCUT2D eigenvalue weighted by atomic mass is 9.99. The lowest BCUT2D eigenvalue weighted by Crippen LogP contribution is -2.30. The first-order chi connectivity index (χ1) is 8.81. The smallest absolute Gasteiger partial charge is 0.235 e. The first-order valence-electron chi connectivity index (χ1n) is 5.76. The molecule has 2 aromatic rings. The second kappa shape index (κ2) is 6.22. The van der Waals surface area contributed by atoms with Gasteiger partial charge in [-0.25, -0.2) is 0 Å². The van der Waals surface area contributed by atoms with Crippen LogP contribution < -0.4 is 5.32 Å². The molecule has 0 saturated heterocycles. The fraction of sp³-hybridized carbons (Fsp3) is 0.133. The van der Waals surface area contributed by atoms with Gasteiger partial charge in [0.25, 0.3) is 0 Å². The van der Waals surface area contributed by atoms with Crippen LogP contribution in [0.25, 0.3) is 0 Å². The molecular formula is C15H14ClNO. The van der Waals surface area contributed by atoms with Crippen LogP contribution in [0.15, 0.2) is 60.7 Å². The zero-order valence-corrected chi connectivity index (χ0v) is 10.6. The van der Waals surface area contributed by atoms with Crippen molar-refractivity contribution in [2.45, 2.75) is 6.04 Å². The number of alkyl halides is 1. The number of hydrogen-bond acceptors (Lipinski definition) is 1. The van der Waals surface area contributed by atoms with Gasteiger partial charge in [0.05, 0.1) is 6.04 Å². The van der Waals surface area contributed by atoms with E-state index in [-0.39, 0.29) is 17.8 Å². The predicted molar refractivity (Wildman–Crippen MR) is 73.6 cm³/mol. The number of amides is 1. The lowest BCUT2D eigenvalue weighted by Gasteiger charge is -2.19. The zero-order valence-electron chi connectivity index (χ0n) is 9.84. The summed E-state index contributed by atoms with van der Waals surface area (Å²) in [5.41, 5.74) is 2.09. The van der Waals surface area contributed by atoms with Gasteiger partial charge in [-0.15, -0.1) is 11.6 Å². The summed E-state index contributed by atoms with van der Waals surface area (Å²) in [4.78, 5) is 11.5. The Labute approximate surface area is 112 Å². The highest BCUT2D eigenvalue weighted by molar-refractivity contribution is 6.27. The van der Waals surface area contributed by atoms with E-state index in [0.29, 0.717) is 0 Å². The second-order valence-electron chi connectivity index (χ2n) is 3.96. The van der Waals surface area contributed by atoms with Gasteiger partial charge in [-0.3, -0.25) is 4.79 Å². The van der Waals surface area contributed by atoms with E-state index in [4.69, 9.17) is 11.6 Å². The largest absolute Gasteiger partial charge is 0.344 e. The molecule has 0 spiro atoms. The SMILES string of the molecule is O=C(CCl)NC(c1ccccc1)c1ccccc1. The molecule has 2 rings (SSSR count). The molecule has 2 aromatic carbocycles. The molecule has 1 amide bonds. The number of rotatable bonds is 4. The molecule has 0 atom stereocenters. The highest BCUT2D eigenvalue weighted by Gasteiger charge is 2.15. The van der Waals surface area contributed by atoms with Crippen LogP contribution in [0.4, 0.5) is 0 Å². The summed E-state index contributed by atoms with van der Waals surface area (Å²) in [5.74, 6) is -0.203. The highest BCUT2D eigenvalue weighted by Crippen LogP contribution is 2.21. The van der Waals surface area contributed by atoms with Crippen LogP contribution in [0, 0.1) is 0 Å². The number of benzene rings is 2. The van der Waals surface area contributed by atoms with Gasteiger partial charge < -0.3 is 5.32 Å². The molecule has 18 heavy (non-hydrogen) atoms. The Morgan fingerprint density at radius 3 is 1.78 bits per heavy atom. The molecule has 0 bridgehead atoms. The third kappa shape index (κ3) is 3.11. The van der Waals surface area contributed by atoms with Crippen molar-refractivity contribution < 1.29 is 4.79 Å². The highest BCUT2D eigenvalue weighted by atomic mass is 35.5. The molecule has 0 radical (unpaired) electrons. The summed E-state index contributed by atoms with van der Waals surface area (Å²) in [5, 5.41) is 2.93. The van der Waals surface area contributed by atoms with E-state index in [0.717, 1.165) is 11.1 Å². The Kier molecular flexibility index (Phi) is 4.37. The fourth-order valence-electron chi connectivity index (χ4n) is 1.85. The van der Waals surface area contributed by atoms with Crippen molar-refractivity contribution in [1.29, 1.82) is 0 Å². The van der Waals surface area contributed by atoms with E-state index in [2.05, 4.69) is 5.32 Å². The predicted octanol–water partition coefficient (Wildman–Crippen LogP) is 3.13. The standard InChI is InChI=1S/C15H14ClNO/c16-11-14(18)17-15(12-7-3-1-4-8-12)13-9-5-2-6-10-13/h1-10,15H,11H2,(H,17,18). The molecule has 0 saturated carbocycles. The van der Waals surface area contributed by atoms with E-state index in [1.54, 1.807) is 0 Å². The van der Waals surface area contributed by atoms with Gasteiger partial charge in [0.15, 0.2) is 0 Å². The number of nitrogens with one attached hydrogen (secondary N) is 1. The summed E-state index contributed by atoms with van der Waals surface area (Å²) in [6.07, 6.45) is 0. The van der Waals surface area contributed by atoms with Gasteiger partial charge in [-0.2, -0.15) is 0 Å². The molecule has 2 nitrogen and oxygen atoms in total. The number of hydrogen-bond donors (Lipinski definition) is 1. The normalized spacial score (nSPS) is 10.3. The first-order valence-corrected chi connectivity index (χ1v) is 6.30. The van der Waals surface area contributed by atoms with Crippen LogP contribution in [-0.4, -0.2) is 11.8 Å². The maximum absolute atomic E-state index is 11.5. The van der Waals surface area contributed by atoms with Gasteiger partial charge >= 0.3 is 0 Å². The van der Waals surface area contributed by atoms with E-state index in [9.17, 15) is 4.79 Å². The monoisotopic (exact) mass is 259 g/mol. The van der Waals surface area contributed by atoms with Crippen molar-refractivity contribution in [1.82, 2.24) is 5.32 Å². The zero-order chi connectivity index (χ0) is 12.8. The molecule has 3 heteroatoms. The minimum absolute atomic E-state index is 0.0316. The Bertz CT molecular complexity index is 459. The van der Waals surface area contributed by atoms with Crippen molar-refractivity contribution in [2.24, 2.45) is 0 Å². The minimum Gasteiger partial charge on any atom is -0.344 e. The molecular weight excluding hydrogens is 246 g/mol.